The van der Waals surface area contributed by atoms with E-state index in [9.17, 15) is 8.42 Å². The fourth-order valence-electron chi connectivity index (χ4n) is 2.40. The Morgan fingerprint density at radius 2 is 1.95 bits per heavy atom. The zero-order valence-electron chi connectivity index (χ0n) is 12.7. The zero-order valence-corrected chi connectivity index (χ0v) is 13.6. The Labute approximate surface area is 127 Å². The zero-order chi connectivity index (χ0) is 15.3. The second kappa shape index (κ2) is 7.20. The minimum atomic E-state index is -3.52. The van der Waals surface area contributed by atoms with E-state index < -0.39 is 10.0 Å². The maximum Gasteiger partial charge on any atom is 0.262 e. The Kier molecular flexibility index (Phi) is 5.55. The van der Waals surface area contributed by atoms with Gasteiger partial charge < -0.3 is 10.2 Å². The van der Waals surface area contributed by atoms with Crippen molar-refractivity contribution < 1.29 is 8.42 Å². The fraction of sp³-hybridized carbons (Fsp3) is 0.643. The van der Waals surface area contributed by atoms with Crippen LogP contribution in [0.1, 0.15) is 20.3 Å². The molecule has 2 heterocycles. The van der Waals surface area contributed by atoms with E-state index in [0.29, 0.717) is 18.8 Å². The van der Waals surface area contributed by atoms with Crippen molar-refractivity contribution in [2.45, 2.75) is 25.3 Å². The molecule has 1 aliphatic rings. The number of anilines is 1. The lowest BCUT2D eigenvalue weighted by Gasteiger charge is -2.33. The predicted molar refractivity (Wildman–Crippen MR) is 83.9 cm³/mol. The summed E-state index contributed by atoms with van der Waals surface area (Å²) in [5.41, 5.74) is 0.595. The molecule has 118 valence electrons. The maximum absolute atomic E-state index is 12.8. The fourth-order valence-corrected chi connectivity index (χ4v) is 3.90. The number of piperazine rings is 1. The third-order valence-corrected chi connectivity index (χ3v) is 5.56. The molecule has 0 aromatic carbocycles. The van der Waals surface area contributed by atoms with Crippen LogP contribution in [0.5, 0.6) is 0 Å². The van der Waals surface area contributed by atoms with Crippen LogP contribution in [0.25, 0.3) is 0 Å². The van der Waals surface area contributed by atoms with Gasteiger partial charge in [-0.3, -0.25) is 0 Å². The van der Waals surface area contributed by atoms with Crippen LogP contribution < -0.4 is 5.32 Å². The van der Waals surface area contributed by atoms with E-state index in [0.717, 1.165) is 32.6 Å². The molecule has 7 heteroatoms. The third kappa shape index (κ3) is 3.72. The Balaban J connectivity index is 2.20. The number of hydrogen-bond donors (Lipinski definition) is 1. The first-order valence-electron chi connectivity index (χ1n) is 7.51. The molecular formula is C14H24N4O2S. The standard InChI is InChI=1S/C14H24N4O2S/c1-3-7-15-13-6-5-8-16-14(13)21(19,20)18-11-9-17(4-2)10-12-18/h5-6,8,15H,3-4,7,9-12H2,1-2H3. The molecule has 0 saturated carbocycles. The molecular weight excluding hydrogens is 288 g/mol. The van der Waals surface area contributed by atoms with Crippen LogP contribution in [-0.2, 0) is 10.0 Å². The van der Waals surface area contributed by atoms with Crippen molar-refractivity contribution in [1.29, 1.82) is 0 Å². The summed E-state index contributed by atoms with van der Waals surface area (Å²) in [5.74, 6) is 0. The van der Waals surface area contributed by atoms with Gasteiger partial charge in [-0.25, -0.2) is 13.4 Å². The summed E-state index contributed by atoms with van der Waals surface area (Å²) >= 11 is 0. The monoisotopic (exact) mass is 312 g/mol. The summed E-state index contributed by atoms with van der Waals surface area (Å²) in [6.07, 6.45) is 2.47. The van der Waals surface area contributed by atoms with Gasteiger partial charge in [-0.05, 0) is 25.1 Å². The molecule has 2 rings (SSSR count). The van der Waals surface area contributed by atoms with Crippen LogP contribution in [0, 0.1) is 0 Å². The van der Waals surface area contributed by atoms with Crippen LogP contribution in [0.2, 0.25) is 0 Å². The Bertz CT molecular complexity index is 554. The quantitative estimate of drug-likeness (QED) is 0.856. The summed E-state index contributed by atoms with van der Waals surface area (Å²) < 4.78 is 27.1. The smallest absolute Gasteiger partial charge is 0.262 e. The average Bonchev–Trinajstić information content (AvgIpc) is 2.53. The molecule has 1 saturated heterocycles. The minimum Gasteiger partial charge on any atom is -0.383 e. The molecule has 0 bridgehead atoms. The minimum absolute atomic E-state index is 0.142. The van der Waals surface area contributed by atoms with Gasteiger partial charge in [0.25, 0.3) is 10.0 Å². The highest BCUT2D eigenvalue weighted by molar-refractivity contribution is 7.89. The molecule has 0 unspecified atom stereocenters. The highest BCUT2D eigenvalue weighted by Gasteiger charge is 2.30. The molecule has 0 radical (unpaired) electrons. The van der Waals surface area contributed by atoms with Crippen LogP contribution in [0.3, 0.4) is 0 Å². The van der Waals surface area contributed by atoms with E-state index in [1.54, 1.807) is 16.4 Å². The van der Waals surface area contributed by atoms with Gasteiger partial charge in [0.1, 0.15) is 0 Å². The number of pyridine rings is 1. The van der Waals surface area contributed by atoms with Gasteiger partial charge in [-0.15, -0.1) is 0 Å². The van der Waals surface area contributed by atoms with Crippen LogP contribution in [0.15, 0.2) is 23.4 Å². The second-order valence-corrected chi connectivity index (χ2v) is 6.97. The van der Waals surface area contributed by atoms with E-state index in [1.807, 2.05) is 6.92 Å². The summed E-state index contributed by atoms with van der Waals surface area (Å²) in [6, 6.07) is 3.53. The molecule has 0 amide bonds. The Morgan fingerprint density at radius 3 is 2.57 bits per heavy atom. The van der Waals surface area contributed by atoms with Crippen molar-refractivity contribution in [3.8, 4) is 0 Å². The van der Waals surface area contributed by atoms with Gasteiger partial charge in [0.05, 0.1) is 5.69 Å². The molecule has 1 aliphatic heterocycles. The van der Waals surface area contributed by atoms with Crippen molar-refractivity contribution >= 4 is 15.7 Å². The number of rotatable bonds is 6. The molecule has 1 aromatic rings. The average molecular weight is 312 g/mol. The van der Waals surface area contributed by atoms with E-state index in [2.05, 4.69) is 22.1 Å². The van der Waals surface area contributed by atoms with Crippen LogP contribution in [0.4, 0.5) is 5.69 Å². The van der Waals surface area contributed by atoms with Crippen molar-refractivity contribution in [2.24, 2.45) is 0 Å². The molecule has 0 atom stereocenters. The van der Waals surface area contributed by atoms with Gasteiger partial charge >= 0.3 is 0 Å². The summed E-state index contributed by atoms with van der Waals surface area (Å²) in [7, 11) is -3.52. The first-order valence-corrected chi connectivity index (χ1v) is 8.95. The normalized spacial score (nSPS) is 17.8. The van der Waals surface area contributed by atoms with Crippen molar-refractivity contribution in [2.75, 3.05) is 44.6 Å². The number of nitrogens with zero attached hydrogens (tertiary/aromatic N) is 3. The van der Waals surface area contributed by atoms with E-state index in [-0.39, 0.29) is 5.03 Å². The lowest BCUT2D eigenvalue weighted by Crippen LogP contribution is -2.48. The van der Waals surface area contributed by atoms with Crippen molar-refractivity contribution in [3.63, 3.8) is 0 Å². The van der Waals surface area contributed by atoms with Gasteiger partial charge in [0.2, 0.25) is 0 Å². The van der Waals surface area contributed by atoms with Crippen molar-refractivity contribution in [1.82, 2.24) is 14.2 Å². The lowest BCUT2D eigenvalue weighted by atomic mass is 10.4. The first-order chi connectivity index (χ1) is 10.1. The van der Waals surface area contributed by atoms with Gasteiger partial charge in [0, 0.05) is 38.9 Å². The van der Waals surface area contributed by atoms with Crippen LogP contribution >= 0.6 is 0 Å². The molecule has 0 aliphatic carbocycles. The number of hydrogen-bond acceptors (Lipinski definition) is 5. The molecule has 1 fully saturated rings. The van der Waals surface area contributed by atoms with Gasteiger partial charge in [-0.2, -0.15) is 4.31 Å². The lowest BCUT2D eigenvalue weighted by molar-refractivity contribution is 0.196. The highest BCUT2D eigenvalue weighted by Crippen LogP contribution is 2.23. The van der Waals surface area contributed by atoms with E-state index >= 15 is 0 Å². The number of sulfonamides is 1. The van der Waals surface area contributed by atoms with E-state index in [1.165, 1.54) is 6.20 Å². The number of likely N-dealkylation sites (N-methyl/N-ethyl adjacent to an activating group) is 1. The van der Waals surface area contributed by atoms with Crippen LogP contribution in [-0.4, -0.2) is 61.9 Å². The van der Waals surface area contributed by atoms with Crippen molar-refractivity contribution in [3.05, 3.63) is 18.3 Å². The molecule has 0 spiro atoms. The summed E-state index contributed by atoms with van der Waals surface area (Å²) in [6.45, 7) is 8.44. The molecule has 1 N–H and O–H groups in total. The predicted octanol–water partition coefficient (Wildman–Crippen LogP) is 1.23. The Hall–Kier alpha value is -1.18. The Morgan fingerprint density at radius 1 is 1.24 bits per heavy atom. The van der Waals surface area contributed by atoms with Gasteiger partial charge in [-0.1, -0.05) is 13.8 Å². The first kappa shape index (κ1) is 16.2. The third-order valence-electron chi connectivity index (χ3n) is 3.70. The summed E-state index contributed by atoms with van der Waals surface area (Å²) in [5, 5.41) is 3.29. The van der Waals surface area contributed by atoms with E-state index in [4.69, 9.17) is 0 Å². The molecule has 1 aromatic heterocycles. The topological polar surface area (TPSA) is 65.5 Å². The molecule has 21 heavy (non-hydrogen) atoms. The number of nitrogens with one attached hydrogen (secondary N) is 1. The second-order valence-electron chi connectivity index (χ2n) is 5.12. The largest absolute Gasteiger partial charge is 0.383 e. The number of aromatic nitrogens is 1. The highest BCUT2D eigenvalue weighted by atomic mass is 32.2. The van der Waals surface area contributed by atoms with Gasteiger partial charge in [0.15, 0.2) is 5.03 Å². The maximum atomic E-state index is 12.8. The summed E-state index contributed by atoms with van der Waals surface area (Å²) in [4.78, 5) is 6.36. The SMILES string of the molecule is CCCNc1cccnc1S(=O)(=O)N1CCN(CC)CC1. The molecule has 6 nitrogen and oxygen atoms in total.